The molecular weight excluding hydrogens is 444 g/mol. The highest BCUT2D eigenvalue weighted by molar-refractivity contribution is 5.94. The summed E-state index contributed by atoms with van der Waals surface area (Å²) in [5, 5.41) is 27.7. The second-order valence-electron chi connectivity index (χ2n) is 7.19. The summed E-state index contributed by atoms with van der Waals surface area (Å²) in [5.41, 5.74) is -1.63. The molecule has 0 saturated carbocycles. The molecule has 0 amide bonds. The molecule has 1 unspecified atom stereocenters. The van der Waals surface area contributed by atoms with Crippen molar-refractivity contribution < 1.29 is 38.5 Å². The second kappa shape index (κ2) is 10.7. The third-order valence-electron chi connectivity index (χ3n) is 4.85. The normalized spacial score (nSPS) is 15.9. The van der Waals surface area contributed by atoms with Crippen molar-refractivity contribution in [3.8, 4) is 0 Å². The number of piperazine rings is 1. The van der Waals surface area contributed by atoms with Crippen molar-refractivity contribution >= 4 is 34.5 Å². The van der Waals surface area contributed by atoms with Gasteiger partial charge in [-0.3, -0.25) is 4.79 Å². The minimum atomic E-state index is -1.42. The van der Waals surface area contributed by atoms with Crippen LogP contribution in [0.4, 0.5) is 14.5 Å². The Morgan fingerprint density at radius 2 is 1.79 bits per heavy atom. The zero-order valence-corrected chi connectivity index (χ0v) is 17.8. The summed E-state index contributed by atoms with van der Waals surface area (Å²) in [6.07, 6.45) is 2.23. The van der Waals surface area contributed by atoms with Gasteiger partial charge in [-0.1, -0.05) is 0 Å². The Labute approximate surface area is 186 Å². The summed E-state index contributed by atoms with van der Waals surface area (Å²) in [5.74, 6) is -5.63. The topological polar surface area (TPSA) is 149 Å². The van der Waals surface area contributed by atoms with E-state index in [2.05, 4.69) is 5.32 Å². The van der Waals surface area contributed by atoms with Crippen LogP contribution in [0.15, 0.2) is 29.2 Å². The lowest BCUT2D eigenvalue weighted by molar-refractivity contribution is -0.134. The highest BCUT2D eigenvalue weighted by atomic mass is 19.1. The first kappa shape index (κ1) is 25.5. The molecule has 2 aromatic rings. The number of halogens is 2. The lowest BCUT2D eigenvalue weighted by Crippen LogP contribution is -2.49. The highest BCUT2D eigenvalue weighted by Gasteiger charge is 2.26. The van der Waals surface area contributed by atoms with Gasteiger partial charge in [0.15, 0.2) is 5.82 Å². The van der Waals surface area contributed by atoms with E-state index in [0.29, 0.717) is 31.8 Å². The monoisotopic (exact) mass is 467 g/mol. The molecule has 1 atom stereocenters. The minimum Gasteiger partial charge on any atom is -0.478 e. The SMILES string of the molecule is CCn1cc(C(=O)O)c(=O)c2cc(F)c(N3CCNC(C)C3)c(F)c21.O=C(O)/C=C\C(=O)O. The van der Waals surface area contributed by atoms with Crippen LogP contribution in [0.1, 0.15) is 24.2 Å². The van der Waals surface area contributed by atoms with Gasteiger partial charge in [0.1, 0.15) is 17.1 Å². The van der Waals surface area contributed by atoms with Gasteiger partial charge in [-0.2, -0.15) is 0 Å². The summed E-state index contributed by atoms with van der Waals surface area (Å²) >= 11 is 0. The Morgan fingerprint density at radius 1 is 1.18 bits per heavy atom. The van der Waals surface area contributed by atoms with E-state index >= 15 is 4.39 Å². The summed E-state index contributed by atoms with van der Waals surface area (Å²) < 4.78 is 31.2. The number of nitrogens with one attached hydrogen (secondary N) is 1. The molecule has 3 rings (SSSR count). The van der Waals surface area contributed by atoms with Gasteiger partial charge in [0, 0.05) is 50.6 Å². The predicted molar refractivity (Wildman–Crippen MR) is 115 cm³/mol. The molecule has 12 heteroatoms. The van der Waals surface area contributed by atoms with Gasteiger partial charge in [-0.25, -0.2) is 23.2 Å². The molecule has 1 saturated heterocycles. The number of hydrogen-bond donors (Lipinski definition) is 4. The number of rotatable bonds is 5. The maximum Gasteiger partial charge on any atom is 0.341 e. The minimum absolute atomic E-state index is 0.0694. The van der Waals surface area contributed by atoms with Crippen LogP contribution < -0.4 is 15.6 Å². The van der Waals surface area contributed by atoms with E-state index in [4.69, 9.17) is 15.3 Å². The maximum atomic E-state index is 15.2. The summed E-state index contributed by atoms with van der Waals surface area (Å²) in [4.78, 5) is 44.3. The van der Waals surface area contributed by atoms with E-state index in [1.54, 1.807) is 11.8 Å². The van der Waals surface area contributed by atoms with Crippen LogP contribution in [-0.2, 0) is 16.1 Å². The number of carbonyl (C=O) groups is 3. The van der Waals surface area contributed by atoms with Crippen LogP contribution in [0, 0.1) is 11.6 Å². The van der Waals surface area contributed by atoms with Crippen molar-refractivity contribution in [1.29, 1.82) is 0 Å². The lowest BCUT2D eigenvalue weighted by Gasteiger charge is -2.34. The number of benzene rings is 1. The van der Waals surface area contributed by atoms with E-state index in [0.717, 1.165) is 12.3 Å². The number of aromatic carboxylic acids is 1. The first-order chi connectivity index (χ1) is 15.5. The maximum absolute atomic E-state index is 15.2. The quantitative estimate of drug-likeness (QED) is 0.480. The number of carboxylic acid groups (broad SMARTS) is 3. The average Bonchev–Trinajstić information content (AvgIpc) is 2.73. The van der Waals surface area contributed by atoms with E-state index in [-0.39, 0.29) is 29.2 Å². The van der Waals surface area contributed by atoms with Crippen molar-refractivity contribution in [3.63, 3.8) is 0 Å². The predicted octanol–water partition coefficient (Wildman–Crippen LogP) is 1.51. The first-order valence-electron chi connectivity index (χ1n) is 9.88. The standard InChI is InChI=1S/C17H19F2N3O3.C4H4O4/c1-3-21-8-11(17(24)25)16(23)10-6-12(18)15(13(19)14(10)21)22-5-4-20-9(2)7-22;5-3(6)1-2-4(7)8/h6,8-9,20H,3-5,7H2,1-2H3,(H,24,25);1-2H,(H,5,6)(H,7,8)/b;2-1-. The van der Waals surface area contributed by atoms with Crippen LogP contribution in [0.25, 0.3) is 10.9 Å². The molecule has 33 heavy (non-hydrogen) atoms. The molecule has 1 aromatic heterocycles. The Kier molecular flexibility index (Phi) is 8.24. The lowest BCUT2D eigenvalue weighted by atomic mass is 10.1. The van der Waals surface area contributed by atoms with Crippen LogP contribution in [0.5, 0.6) is 0 Å². The molecule has 0 aliphatic carbocycles. The van der Waals surface area contributed by atoms with Crippen molar-refractivity contribution in [2.45, 2.75) is 26.4 Å². The fourth-order valence-electron chi connectivity index (χ4n) is 3.45. The number of pyridine rings is 1. The number of aromatic nitrogens is 1. The number of carboxylic acids is 3. The summed E-state index contributed by atoms with van der Waals surface area (Å²) in [6.45, 7) is 5.33. The Bertz CT molecular complexity index is 1160. The molecule has 1 aliphatic heterocycles. The molecule has 4 N–H and O–H groups in total. The van der Waals surface area contributed by atoms with Gasteiger partial charge in [0.25, 0.3) is 0 Å². The van der Waals surface area contributed by atoms with E-state index in [1.807, 2.05) is 6.92 Å². The molecule has 0 bridgehead atoms. The third kappa shape index (κ3) is 5.92. The fourth-order valence-corrected chi connectivity index (χ4v) is 3.45. The smallest absolute Gasteiger partial charge is 0.341 e. The van der Waals surface area contributed by atoms with E-state index in [1.165, 1.54) is 4.57 Å². The molecule has 10 nitrogen and oxygen atoms in total. The van der Waals surface area contributed by atoms with E-state index < -0.39 is 40.5 Å². The average molecular weight is 467 g/mol. The van der Waals surface area contributed by atoms with Crippen molar-refractivity contribution in [3.05, 3.63) is 51.8 Å². The Balaban J connectivity index is 0.000000414. The van der Waals surface area contributed by atoms with Gasteiger partial charge < -0.3 is 30.1 Å². The van der Waals surface area contributed by atoms with Gasteiger partial charge in [0.05, 0.1) is 10.9 Å². The number of anilines is 1. The molecule has 178 valence electrons. The van der Waals surface area contributed by atoms with Crippen molar-refractivity contribution in [2.24, 2.45) is 0 Å². The van der Waals surface area contributed by atoms with Gasteiger partial charge in [-0.15, -0.1) is 0 Å². The number of nitrogens with zero attached hydrogens (tertiary/aromatic N) is 2. The van der Waals surface area contributed by atoms with Gasteiger partial charge in [-0.05, 0) is 19.9 Å². The zero-order valence-electron chi connectivity index (χ0n) is 17.8. The first-order valence-corrected chi connectivity index (χ1v) is 9.88. The van der Waals surface area contributed by atoms with Crippen LogP contribution >= 0.6 is 0 Å². The number of aryl methyl sites for hydroxylation is 1. The van der Waals surface area contributed by atoms with Crippen molar-refractivity contribution in [2.75, 3.05) is 24.5 Å². The molecule has 1 aromatic carbocycles. The van der Waals surface area contributed by atoms with Crippen molar-refractivity contribution in [1.82, 2.24) is 9.88 Å². The summed E-state index contributed by atoms with van der Waals surface area (Å²) in [6, 6.07) is 1.02. The second-order valence-corrected chi connectivity index (χ2v) is 7.19. The fraction of sp³-hybridized carbons (Fsp3) is 0.333. The molecule has 0 radical (unpaired) electrons. The highest BCUT2D eigenvalue weighted by Crippen LogP contribution is 2.30. The number of hydrogen-bond acceptors (Lipinski definition) is 6. The van der Waals surface area contributed by atoms with Gasteiger partial charge in [0.2, 0.25) is 5.43 Å². The molecule has 1 aliphatic rings. The van der Waals surface area contributed by atoms with E-state index in [9.17, 15) is 23.6 Å². The zero-order chi connectivity index (χ0) is 24.9. The molecule has 1 fully saturated rings. The van der Waals surface area contributed by atoms with Gasteiger partial charge >= 0.3 is 17.9 Å². The van der Waals surface area contributed by atoms with Crippen LogP contribution in [0.3, 0.4) is 0 Å². The molecule has 2 heterocycles. The Hall–Kier alpha value is -3.80. The largest absolute Gasteiger partial charge is 0.478 e. The Morgan fingerprint density at radius 3 is 2.27 bits per heavy atom. The third-order valence-corrected chi connectivity index (χ3v) is 4.85. The van der Waals surface area contributed by atoms with Crippen LogP contribution in [0.2, 0.25) is 0 Å². The van der Waals surface area contributed by atoms with Crippen LogP contribution in [-0.4, -0.2) is 63.5 Å². The number of aliphatic carboxylic acids is 2. The molecular formula is C21H23F2N3O7. The number of fused-ring (bicyclic) bond motifs is 1. The molecule has 0 spiro atoms. The summed E-state index contributed by atoms with van der Waals surface area (Å²) in [7, 11) is 0.